The van der Waals surface area contributed by atoms with Crippen molar-refractivity contribution in [3.05, 3.63) is 33.6 Å². The van der Waals surface area contributed by atoms with Gasteiger partial charge in [-0.15, -0.1) is 11.3 Å². The Morgan fingerprint density at radius 1 is 1.40 bits per heavy atom. The lowest BCUT2D eigenvalue weighted by Crippen LogP contribution is -2.18. The van der Waals surface area contributed by atoms with Crippen molar-refractivity contribution in [2.75, 3.05) is 5.32 Å². The summed E-state index contributed by atoms with van der Waals surface area (Å²) < 4.78 is 1.01. The van der Waals surface area contributed by atoms with Gasteiger partial charge in [0.15, 0.2) is 9.97 Å². The van der Waals surface area contributed by atoms with E-state index in [9.17, 15) is 4.79 Å². The normalized spacial score (nSPS) is 10.8. The van der Waals surface area contributed by atoms with Crippen LogP contribution in [-0.4, -0.2) is 15.7 Å². The van der Waals surface area contributed by atoms with Crippen LogP contribution in [0.4, 0.5) is 5.13 Å². The summed E-state index contributed by atoms with van der Waals surface area (Å²) in [4.78, 5) is 15.9. The van der Waals surface area contributed by atoms with E-state index in [1.165, 1.54) is 11.3 Å². The van der Waals surface area contributed by atoms with Crippen LogP contribution in [-0.2, 0) is 11.2 Å². The van der Waals surface area contributed by atoms with Gasteiger partial charge in [0.1, 0.15) is 0 Å². The molecule has 20 heavy (non-hydrogen) atoms. The van der Waals surface area contributed by atoms with E-state index in [4.69, 9.17) is 23.2 Å². The molecule has 1 aromatic carbocycles. The van der Waals surface area contributed by atoms with Gasteiger partial charge in [-0.25, -0.2) is 4.98 Å². The molecule has 7 heteroatoms. The van der Waals surface area contributed by atoms with Crippen molar-refractivity contribution in [1.82, 2.24) is 4.98 Å². The van der Waals surface area contributed by atoms with E-state index in [1.807, 2.05) is 31.2 Å². The standard InChI is InChI=1S/C13H11BrCl2N2OS/c1-2-9-10(7-3-5-8(14)6-4-7)17-13(20-9)18-12(19)11(15)16/h3-6,11H,2H2,1H3,(H,17,18,19). The number of hydrogen-bond donors (Lipinski definition) is 1. The predicted octanol–water partition coefficient (Wildman–Crippen LogP) is 4.88. The molecule has 0 saturated carbocycles. The number of aromatic nitrogens is 1. The van der Waals surface area contributed by atoms with Gasteiger partial charge >= 0.3 is 0 Å². The molecule has 106 valence electrons. The summed E-state index contributed by atoms with van der Waals surface area (Å²) in [6.07, 6.45) is 0.837. The molecular weight excluding hydrogens is 383 g/mol. The third-order valence-electron chi connectivity index (χ3n) is 2.56. The van der Waals surface area contributed by atoms with Crippen molar-refractivity contribution in [3.8, 4) is 11.3 Å². The lowest BCUT2D eigenvalue weighted by molar-refractivity contribution is -0.114. The second kappa shape index (κ2) is 6.89. The van der Waals surface area contributed by atoms with Crippen LogP contribution in [0.3, 0.4) is 0 Å². The molecule has 3 nitrogen and oxygen atoms in total. The van der Waals surface area contributed by atoms with Crippen molar-refractivity contribution >= 4 is 61.5 Å². The number of carbonyl (C=O) groups excluding carboxylic acids is 1. The second-order valence-electron chi connectivity index (χ2n) is 3.94. The predicted molar refractivity (Wildman–Crippen MR) is 88.8 cm³/mol. The van der Waals surface area contributed by atoms with Crippen molar-refractivity contribution in [3.63, 3.8) is 0 Å². The number of nitrogens with one attached hydrogen (secondary N) is 1. The largest absolute Gasteiger partial charge is 0.300 e. The first kappa shape index (κ1) is 15.8. The summed E-state index contributed by atoms with van der Waals surface area (Å²) in [7, 11) is 0. The topological polar surface area (TPSA) is 42.0 Å². The smallest absolute Gasteiger partial charge is 0.259 e. The van der Waals surface area contributed by atoms with Gasteiger partial charge in [0.2, 0.25) is 0 Å². The molecule has 0 bridgehead atoms. The minimum absolute atomic E-state index is 0.466. The maximum Gasteiger partial charge on any atom is 0.259 e. The number of amides is 1. The van der Waals surface area contributed by atoms with Crippen LogP contribution in [0.15, 0.2) is 28.7 Å². The zero-order chi connectivity index (χ0) is 14.7. The molecule has 0 unspecified atom stereocenters. The van der Waals surface area contributed by atoms with Gasteiger partial charge in [-0.3, -0.25) is 10.1 Å². The first-order valence-corrected chi connectivity index (χ1v) is 8.34. The highest BCUT2D eigenvalue weighted by Gasteiger charge is 2.16. The van der Waals surface area contributed by atoms with E-state index in [1.54, 1.807) is 0 Å². The number of thiazole rings is 1. The summed E-state index contributed by atoms with van der Waals surface area (Å²) in [5.41, 5.74) is 1.89. The highest BCUT2D eigenvalue weighted by molar-refractivity contribution is 9.10. The van der Waals surface area contributed by atoms with Gasteiger partial charge < -0.3 is 0 Å². The Balaban J connectivity index is 2.31. The fourth-order valence-corrected chi connectivity index (χ4v) is 2.94. The molecule has 1 aromatic heterocycles. The van der Waals surface area contributed by atoms with Crippen LogP contribution in [0, 0.1) is 0 Å². The number of hydrogen-bond acceptors (Lipinski definition) is 3. The summed E-state index contributed by atoms with van der Waals surface area (Å²) in [6.45, 7) is 2.05. The molecule has 0 aliphatic rings. The number of alkyl halides is 2. The Bertz CT molecular complexity index is 613. The van der Waals surface area contributed by atoms with Crippen LogP contribution >= 0.6 is 50.5 Å². The molecule has 0 radical (unpaired) electrons. The van der Waals surface area contributed by atoms with E-state index in [0.717, 1.165) is 27.0 Å². The van der Waals surface area contributed by atoms with Gasteiger partial charge in [0, 0.05) is 14.9 Å². The molecule has 0 aliphatic heterocycles. The van der Waals surface area contributed by atoms with Crippen LogP contribution in [0.1, 0.15) is 11.8 Å². The fraction of sp³-hybridized carbons (Fsp3) is 0.231. The molecule has 0 atom stereocenters. The Kier molecular flexibility index (Phi) is 5.43. The molecular formula is C13H11BrCl2N2OS. The zero-order valence-electron chi connectivity index (χ0n) is 10.5. The monoisotopic (exact) mass is 392 g/mol. The van der Waals surface area contributed by atoms with Gasteiger partial charge in [-0.2, -0.15) is 0 Å². The molecule has 1 N–H and O–H groups in total. The lowest BCUT2D eigenvalue weighted by Gasteiger charge is -2.01. The van der Waals surface area contributed by atoms with Gasteiger partial charge in [-0.05, 0) is 18.6 Å². The highest BCUT2D eigenvalue weighted by atomic mass is 79.9. The molecule has 2 aromatic rings. The zero-order valence-corrected chi connectivity index (χ0v) is 14.4. The van der Waals surface area contributed by atoms with Crippen molar-refractivity contribution in [1.29, 1.82) is 0 Å². The molecule has 1 amide bonds. The molecule has 0 fully saturated rings. The highest BCUT2D eigenvalue weighted by Crippen LogP contribution is 2.32. The molecule has 0 aliphatic carbocycles. The quantitative estimate of drug-likeness (QED) is 0.752. The van der Waals surface area contributed by atoms with E-state index in [-0.39, 0.29) is 0 Å². The van der Waals surface area contributed by atoms with E-state index in [0.29, 0.717) is 5.13 Å². The van der Waals surface area contributed by atoms with E-state index < -0.39 is 10.7 Å². The fourth-order valence-electron chi connectivity index (χ4n) is 1.64. The Morgan fingerprint density at radius 2 is 2.05 bits per heavy atom. The number of nitrogens with zero attached hydrogens (tertiary/aromatic N) is 1. The average molecular weight is 394 g/mol. The SMILES string of the molecule is CCc1sc(NC(=O)C(Cl)Cl)nc1-c1ccc(Br)cc1. The average Bonchev–Trinajstić information content (AvgIpc) is 2.82. The minimum atomic E-state index is -1.10. The maximum atomic E-state index is 11.5. The molecule has 1 heterocycles. The number of aryl methyl sites for hydroxylation is 1. The third-order valence-corrected chi connectivity index (χ3v) is 4.60. The summed E-state index contributed by atoms with van der Waals surface area (Å²) in [5.74, 6) is -0.466. The van der Waals surface area contributed by atoms with Crippen molar-refractivity contribution in [2.45, 2.75) is 18.2 Å². The van der Waals surface area contributed by atoms with Crippen molar-refractivity contribution < 1.29 is 4.79 Å². The molecule has 0 saturated heterocycles. The lowest BCUT2D eigenvalue weighted by atomic mass is 10.1. The van der Waals surface area contributed by atoms with Crippen molar-refractivity contribution in [2.24, 2.45) is 0 Å². The summed E-state index contributed by atoms with van der Waals surface area (Å²) >= 11 is 15.9. The Hall–Kier alpha value is -0.620. The van der Waals surface area contributed by atoms with Gasteiger partial charge in [0.05, 0.1) is 5.69 Å². The number of halogens is 3. The minimum Gasteiger partial charge on any atom is -0.300 e. The Morgan fingerprint density at radius 3 is 2.60 bits per heavy atom. The van der Waals surface area contributed by atoms with E-state index >= 15 is 0 Å². The Labute approximate surface area is 139 Å². The van der Waals surface area contributed by atoms with Gasteiger partial charge in [0.25, 0.3) is 5.91 Å². The van der Waals surface area contributed by atoms with Crippen LogP contribution < -0.4 is 5.32 Å². The third kappa shape index (κ3) is 3.73. The van der Waals surface area contributed by atoms with Gasteiger partial charge in [-0.1, -0.05) is 58.2 Å². The molecule has 2 rings (SSSR count). The number of rotatable bonds is 4. The number of carbonyl (C=O) groups is 1. The number of benzene rings is 1. The van der Waals surface area contributed by atoms with E-state index in [2.05, 4.69) is 26.2 Å². The summed E-state index contributed by atoms with van der Waals surface area (Å²) in [6, 6.07) is 7.88. The first-order chi connectivity index (χ1) is 9.51. The molecule has 0 spiro atoms. The van der Waals surface area contributed by atoms with Crippen LogP contribution in [0.2, 0.25) is 0 Å². The van der Waals surface area contributed by atoms with Crippen LogP contribution in [0.5, 0.6) is 0 Å². The second-order valence-corrected chi connectivity index (χ2v) is 7.04. The number of anilines is 1. The maximum absolute atomic E-state index is 11.5. The summed E-state index contributed by atoms with van der Waals surface area (Å²) in [5, 5.41) is 3.12. The first-order valence-electron chi connectivity index (χ1n) is 5.86. The van der Waals surface area contributed by atoms with Crippen LogP contribution in [0.25, 0.3) is 11.3 Å².